The molecule has 0 radical (unpaired) electrons. The predicted molar refractivity (Wildman–Crippen MR) is 84.2 cm³/mol. The smallest absolute Gasteiger partial charge is 0.118 e. The molecule has 0 atom stereocenters. The van der Waals surface area contributed by atoms with E-state index >= 15 is 0 Å². The van der Waals surface area contributed by atoms with Crippen molar-refractivity contribution in [2.45, 2.75) is 27.2 Å². The Bertz CT molecular complexity index is 246. The van der Waals surface area contributed by atoms with E-state index in [1.165, 1.54) is 5.56 Å². The Labute approximate surface area is 119 Å². The van der Waals surface area contributed by atoms with Crippen LogP contribution in [0, 0.1) is 0 Å². The van der Waals surface area contributed by atoms with Crippen molar-refractivity contribution in [3.05, 3.63) is 29.8 Å². The molecule has 0 aliphatic heterocycles. The van der Waals surface area contributed by atoms with Gasteiger partial charge in [-0.3, -0.25) is 0 Å². The van der Waals surface area contributed by atoms with Gasteiger partial charge in [-0.05, 0) is 51.7 Å². The van der Waals surface area contributed by atoms with E-state index in [2.05, 4.69) is 49.7 Å². The summed E-state index contributed by atoms with van der Waals surface area (Å²) in [5.74, 6) is 0.928. The summed E-state index contributed by atoms with van der Waals surface area (Å²) in [7, 11) is 7.47. The molecule has 0 unspecified atom stereocenters. The van der Waals surface area contributed by atoms with Crippen molar-refractivity contribution in [2.24, 2.45) is 0 Å². The Balaban J connectivity index is 0. The van der Waals surface area contributed by atoms with Gasteiger partial charge in [0.1, 0.15) is 5.75 Å². The van der Waals surface area contributed by atoms with Crippen LogP contribution in [-0.2, 0) is 11.2 Å². The Hall–Kier alpha value is -1.06. The van der Waals surface area contributed by atoms with E-state index in [-0.39, 0.29) is 0 Å². The first kappa shape index (κ1) is 20.3. The fourth-order valence-corrected chi connectivity index (χ4v) is 0.861. The third-order valence-corrected chi connectivity index (χ3v) is 2.49. The highest BCUT2D eigenvalue weighted by Gasteiger charge is 1.89. The van der Waals surface area contributed by atoms with Gasteiger partial charge in [0.25, 0.3) is 0 Å². The second kappa shape index (κ2) is 15.0. The number of aryl methyl sites for hydroxylation is 1. The molecule has 1 aromatic rings. The van der Waals surface area contributed by atoms with E-state index in [4.69, 9.17) is 4.74 Å². The highest BCUT2D eigenvalue weighted by molar-refractivity contribution is 5.26. The second-order valence-corrected chi connectivity index (χ2v) is 4.17. The van der Waals surface area contributed by atoms with Crippen LogP contribution in [-0.4, -0.2) is 46.4 Å². The van der Waals surface area contributed by atoms with Crippen molar-refractivity contribution in [2.75, 3.05) is 41.5 Å². The van der Waals surface area contributed by atoms with Gasteiger partial charge in [0.2, 0.25) is 0 Å². The van der Waals surface area contributed by atoms with Crippen LogP contribution >= 0.6 is 0 Å². The Morgan fingerprint density at radius 3 is 1.58 bits per heavy atom. The first-order valence-corrected chi connectivity index (χ1v) is 6.82. The first-order valence-electron chi connectivity index (χ1n) is 6.82. The van der Waals surface area contributed by atoms with E-state index < -0.39 is 0 Å². The molecule has 0 saturated heterocycles. The number of hydrogen-bond donors (Lipinski definition) is 0. The van der Waals surface area contributed by atoms with E-state index in [1.54, 1.807) is 14.2 Å². The molecular formula is C16H31NO2. The third kappa shape index (κ3) is 14.9. The number of nitrogens with zero attached hydrogens (tertiary/aromatic N) is 1. The number of hydrogen-bond acceptors (Lipinski definition) is 3. The summed E-state index contributed by atoms with van der Waals surface area (Å²) in [5, 5.41) is 0. The fourth-order valence-electron chi connectivity index (χ4n) is 0.861. The van der Waals surface area contributed by atoms with E-state index in [1.807, 2.05) is 19.1 Å². The van der Waals surface area contributed by atoms with E-state index in [9.17, 15) is 0 Å². The molecule has 3 heteroatoms. The summed E-state index contributed by atoms with van der Waals surface area (Å²) in [5.41, 5.74) is 1.35. The van der Waals surface area contributed by atoms with Gasteiger partial charge in [0, 0.05) is 13.7 Å². The molecule has 112 valence electrons. The monoisotopic (exact) mass is 269 g/mol. The molecule has 0 bridgehead atoms. The van der Waals surface area contributed by atoms with Crippen LogP contribution in [0.2, 0.25) is 0 Å². The minimum absolute atomic E-state index is 0.819. The van der Waals surface area contributed by atoms with E-state index in [0.717, 1.165) is 25.3 Å². The highest BCUT2D eigenvalue weighted by Crippen LogP contribution is 2.10. The lowest BCUT2D eigenvalue weighted by Crippen LogP contribution is -2.08. The van der Waals surface area contributed by atoms with Gasteiger partial charge in [0.15, 0.2) is 0 Å². The van der Waals surface area contributed by atoms with Crippen LogP contribution in [0.25, 0.3) is 0 Å². The number of benzene rings is 1. The summed E-state index contributed by atoms with van der Waals surface area (Å²) >= 11 is 0. The van der Waals surface area contributed by atoms with Crippen LogP contribution < -0.4 is 4.74 Å². The number of ether oxygens (including phenoxy) is 2. The Morgan fingerprint density at radius 1 is 0.947 bits per heavy atom. The lowest BCUT2D eigenvalue weighted by molar-refractivity contribution is 0.215. The average molecular weight is 269 g/mol. The molecule has 0 spiro atoms. The molecule has 0 N–H and O–H groups in total. The second-order valence-electron chi connectivity index (χ2n) is 4.17. The molecule has 0 aromatic heterocycles. The van der Waals surface area contributed by atoms with Crippen molar-refractivity contribution in [3.63, 3.8) is 0 Å². The molecule has 0 heterocycles. The lowest BCUT2D eigenvalue weighted by Gasteiger charge is -2.00. The van der Waals surface area contributed by atoms with Crippen LogP contribution in [0.5, 0.6) is 5.75 Å². The molecule has 3 nitrogen and oxygen atoms in total. The van der Waals surface area contributed by atoms with Gasteiger partial charge >= 0.3 is 0 Å². The van der Waals surface area contributed by atoms with Gasteiger partial charge in [0.05, 0.1) is 7.11 Å². The highest BCUT2D eigenvalue weighted by atomic mass is 16.5. The van der Waals surface area contributed by atoms with E-state index in [0.29, 0.717) is 0 Å². The molecule has 0 fully saturated rings. The zero-order valence-electron chi connectivity index (χ0n) is 13.7. The SMILES string of the molecule is CCN(C)C.CCOC.CCc1ccc(OC)cc1. The van der Waals surface area contributed by atoms with Crippen molar-refractivity contribution in [1.29, 1.82) is 0 Å². The predicted octanol–water partition coefficient (Wildman–Crippen LogP) is 3.48. The van der Waals surface area contributed by atoms with Crippen LogP contribution in [0.3, 0.4) is 0 Å². The van der Waals surface area contributed by atoms with Crippen molar-refractivity contribution >= 4 is 0 Å². The zero-order valence-corrected chi connectivity index (χ0v) is 13.7. The largest absolute Gasteiger partial charge is 0.497 e. The van der Waals surface area contributed by atoms with Crippen LogP contribution in [0.1, 0.15) is 26.3 Å². The summed E-state index contributed by atoms with van der Waals surface area (Å²) in [6.45, 7) is 8.18. The number of methoxy groups -OCH3 is 2. The zero-order chi connectivity index (χ0) is 15.1. The maximum Gasteiger partial charge on any atom is 0.118 e. The molecule has 19 heavy (non-hydrogen) atoms. The molecule has 0 amide bonds. The molecule has 1 rings (SSSR count). The summed E-state index contributed by atoms with van der Waals surface area (Å²) in [4.78, 5) is 2.12. The lowest BCUT2D eigenvalue weighted by atomic mass is 10.2. The first-order chi connectivity index (χ1) is 9.05. The van der Waals surface area contributed by atoms with Gasteiger partial charge in [-0.2, -0.15) is 0 Å². The molecule has 0 saturated carbocycles. The molecule has 1 aromatic carbocycles. The van der Waals surface area contributed by atoms with Crippen LogP contribution in [0.4, 0.5) is 0 Å². The fraction of sp³-hybridized carbons (Fsp3) is 0.625. The molecule has 0 aliphatic carbocycles. The normalized spacial score (nSPS) is 9.05. The standard InChI is InChI=1S/C9H12O.C4H11N.C3H8O/c1-3-8-4-6-9(10-2)7-5-8;1-4-5(2)3;1-3-4-2/h4-7H,3H2,1-2H3;4H2,1-3H3;3H2,1-2H3. The average Bonchev–Trinajstić information content (AvgIpc) is 2.48. The molecular weight excluding hydrogens is 238 g/mol. The summed E-state index contributed by atoms with van der Waals surface area (Å²) in [6.07, 6.45) is 1.09. The maximum atomic E-state index is 5.01. The quantitative estimate of drug-likeness (QED) is 0.835. The van der Waals surface area contributed by atoms with Gasteiger partial charge in [-0.1, -0.05) is 26.0 Å². The van der Waals surface area contributed by atoms with Crippen molar-refractivity contribution in [1.82, 2.24) is 4.90 Å². The van der Waals surface area contributed by atoms with Gasteiger partial charge < -0.3 is 14.4 Å². The third-order valence-electron chi connectivity index (χ3n) is 2.49. The molecule has 0 aliphatic rings. The van der Waals surface area contributed by atoms with Gasteiger partial charge in [-0.15, -0.1) is 0 Å². The minimum atomic E-state index is 0.819. The van der Waals surface area contributed by atoms with Crippen LogP contribution in [0.15, 0.2) is 24.3 Å². The van der Waals surface area contributed by atoms with Crippen molar-refractivity contribution < 1.29 is 9.47 Å². The Kier molecular flexibility index (Phi) is 16.0. The minimum Gasteiger partial charge on any atom is -0.497 e. The Morgan fingerprint density at radius 2 is 1.37 bits per heavy atom. The maximum absolute atomic E-state index is 5.01. The van der Waals surface area contributed by atoms with Gasteiger partial charge in [-0.25, -0.2) is 0 Å². The topological polar surface area (TPSA) is 21.7 Å². The summed E-state index contributed by atoms with van der Waals surface area (Å²) < 4.78 is 9.56. The van der Waals surface area contributed by atoms with Crippen molar-refractivity contribution in [3.8, 4) is 5.75 Å². The summed E-state index contributed by atoms with van der Waals surface area (Å²) in [6, 6.07) is 8.13. The number of rotatable bonds is 4.